The number of ketones is 1. The van der Waals surface area contributed by atoms with Gasteiger partial charge in [-0.1, -0.05) is 30.3 Å². The molecule has 2 aromatic carbocycles. The molecular formula is C18H17NO2. The predicted molar refractivity (Wildman–Crippen MR) is 84.0 cm³/mol. The number of hydrogen-bond donors (Lipinski definition) is 0. The van der Waals surface area contributed by atoms with Crippen molar-refractivity contribution in [2.75, 3.05) is 7.11 Å². The molecule has 0 aliphatic carbocycles. The Labute approximate surface area is 123 Å². The molecule has 0 radical (unpaired) electrons. The molecule has 0 unspecified atom stereocenters. The fraction of sp³-hybridized carbons (Fsp3) is 0.167. The molecule has 0 saturated carbocycles. The normalized spacial score (nSPS) is 10.8. The summed E-state index contributed by atoms with van der Waals surface area (Å²) in [5.41, 5.74) is 2.79. The second-order valence-corrected chi connectivity index (χ2v) is 5.05. The number of nitrogens with zero attached hydrogens (tertiary/aromatic N) is 1. The number of ether oxygens (including phenoxy) is 1. The van der Waals surface area contributed by atoms with E-state index in [1.165, 1.54) is 0 Å². The van der Waals surface area contributed by atoms with Crippen molar-refractivity contribution in [2.45, 2.75) is 13.5 Å². The number of methoxy groups -OCH3 is 1. The Morgan fingerprint density at radius 2 is 1.81 bits per heavy atom. The van der Waals surface area contributed by atoms with Crippen LogP contribution >= 0.6 is 0 Å². The minimum atomic E-state index is 0.0527. The average molecular weight is 279 g/mol. The van der Waals surface area contributed by atoms with Crippen LogP contribution < -0.4 is 4.74 Å². The standard InChI is InChI=1S/C18H17NO2/c1-13-11-14-7-3-5-9-16(14)19(13)12-17(20)15-8-4-6-10-18(15)21-2/h3-11H,12H2,1-2H3. The molecule has 0 spiro atoms. The number of Topliss-reactive ketones (excluding diaryl/α,β-unsaturated/α-hetero) is 1. The Balaban J connectivity index is 1.99. The van der Waals surface area contributed by atoms with Crippen LogP contribution in [0.3, 0.4) is 0 Å². The summed E-state index contributed by atoms with van der Waals surface area (Å²) in [5.74, 6) is 0.675. The van der Waals surface area contributed by atoms with Gasteiger partial charge in [-0.15, -0.1) is 0 Å². The molecule has 0 bridgehead atoms. The van der Waals surface area contributed by atoms with E-state index >= 15 is 0 Å². The highest BCUT2D eigenvalue weighted by atomic mass is 16.5. The second-order valence-electron chi connectivity index (χ2n) is 5.05. The molecule has 1 heterocycles. The largest absolute Gasteiger partial charge is 0.496 e. The summed E-state index contributed by atoms with van der Waals surface area (Å²) < 4.78 is 7.32. The third-order valence-corrected chi connectivity index (χ3v) is 3.73. The Kier molecular flexibility index (Phi) is 3.48. The van der Waals surface area contributed by atoms with Crippen LogP contribution in [0.2, 0.25) is 0 Å². The van der Waals surface area contributed by atoms with E-state index in [-0.39, 0.29) is 5.78 Å². The van der Waals surface area contributed by atoms with Crippen molar-refractivity contribution in [3.63, 3.8) is 0 Å². The number of fused-ring (bicyclic) bond motifs is 1. The van der Waals surface area contributed by atoms with E-state index < -0.39 is 0 Å². The lowest BCUT2D eigenvalue weighted by atomic mass is 10.1. The topological polar surface area (TPSA) is 31.2 Å². The fourth-order valence-electron chi connectivity index (χ4n) is 2.66. The van der Waals surface area contributed by atoms with Crippen molar-refractivity contribution in [2.24, 2.45) is 0 Å². The Bertz CT molecular complexity index is 802. The Morgan fingerprint density at radius 1 is 1.10 bits per heavy atom. The first-order valence-electron chi connectivity index (χ1n) is 6.92. The van der Waals surface area contributed by atoms with Gasteiger partial charge in [-0.25, -0.2) is 0 Å². The predicted octanol–water partition coefficient (Wildman–Crippen LogP) is 3.84. The molecule has 21 heavy (non-hydrogen) atoms. The number of carbonyl (C=O) groups is 1. The molecule has 0 atom stereocenters. The van der Waals surface area contributed by atoms with Gasteiger partial charge in [-0.3, -0.25) is 4.79 Å². The summed E-state index contributed by atoms with van der Waals surface area (Å²) in [5, 5.41) is 1.16. The second kappa shape index (κ2) is 5.44. The molecule has 106 valence electrons. The molecule has 3 aromatic rings. The number of aryl methyl sites for hydroxylation is 1. The number of hydrogen-bond acceptors (Lipinski definition) is 2. The van der Waals surface area contributed by atoms with Crippen LogP contribution in [-0.4, -0.2) is 17.5 Å². The van der Waals surface area contributed by atoms with Crippen molar-refractivity contribution in [3.8, 4) is 5.75 Å². The van der Waals surface area contributed by atoms with E-state index in [1.54, 1.807) is 7.11 Å². The molecule has 0 aliphatic heterocycles. The minimum Gasteiger partial charge on any atom is -0.496 e. The number of aromatic nitrogens is 1. The van der Waals surface area contributed by atoms with Gasteiger partial charge in [0.15, 0.2) is 5.78 Å². The Morgan fingerprint density at radius 3 is 2.62 bits per heavy atom. The van der Waals surface area contributed by atoms with Crippen molar-refractivity contribution < 1.29 is 9.53 Å². The molecule has 3 heteroatoms. The zero-order valence-corrected chi connectivity index (χ0v) is 12.2. The number of carbonyl (C=O) groups excluding carboxylic acids is 1. The summed E-state index contributed by atoms with van der Waals surface area (Å²) in [6, 6.07) is 17.5. The fourth-order valence-corrected chi connectivity index (χ4v) is 2.66. The van der Waals surface area contributed by atoms with Gasteiger partial charge in [0.1, 0.15) is 5.75 Å². The van der Waals surface area contributed by atoms with Gasteiger partial charge in [-0.2, -0.15) is 0 Å². The Hall–Kier alpha value is -2.55. The molecule has 3 rings (SSSR count). The summed E-state index contributed by atoms with van der Waals surface area (Å²) in [6.45, 7) is 2.34. The van der Waals surface area contributed by atoms with Gasteiger partial charge >= 0.3 is 0 Å². The highest BCUT2D eigenvalue weighted by Crippen LogP contribution is 2.22. The maximum atomic E-state index is 12.6. The molecule has 1 aromatic heterocycles. The monoisotopic (exact) mass is 279 g/mol. The van der Waals surface area contributed by atoms with E-state index in [0.717, 1.165) is 16.6 Å². The van der Waals surface area contributed by atoms with Crippen molar-refractivity contribution in [1.29, 1.82) is 0 Å². The van der Waals surface area contributed by atoms with E-state index in [2.05, 4.69) is 12.1 Å². The van der Waals surface area contributed by atoms with Crippen molar-refractivity contribution in [1.82, 2.24) is 4.57 Å². The van der Waals surface area contributed by atoms with Crippen LogP contribution in [0.5, 0.6) is 5.75 Å². The van der Waals surface area contributed by atoms with E-state index in [1.807, 2.05) is 54.0 Å². The molecule has 0 amide bonds. The molecule has 0 N–H and O–H groups in total. The maximum Gasteiger partial charge on any atom is 0.186 e. The molecule has 0 saturated heterocycles. The lowest BCUT2D eigenvalue weighted by Crippen LogP contribution is -2.12. The lowest BCUT2D eigenvalue weighted by molar-refractivity contribution is 0.0970. The van der Waals surface area contributed by atoms with Crippen LogP contribution in [0.25, 0.3) is 10.9 Å². The molecule has 3 nitrogen and oxygen atoms in total. The van der Waals surface area contributed by atoms with Crippen LogP contribution in [0.1, 0.15) is 16.1 Å². The van der Waals surface area contributed by atoms with E-state index in [4.69, 9.17) is 4.74 Å². The van der Waals surface area contributed by atoms with E-state index in [0.29, 0.717) is 17.9 Å². The summed E-state index contributed by atoms with van der Waals surface area (Å²) >= 11 is 0. The number of para-hydroxylation sites is 2. The zero-order chi connectivity index (χ0) is 14.8. The van der Waals surface area contributed by atoms with Gasteiger partial charge in [0.25, 0.3) is 0 Å². The van der Waals surface area contributed by atoms with Gasteiger partial charge in [0, 0.05) is 11.2 Å². The number of benzene rings is 2. The van der Waals surface area contributed by atoms with Crippen LogP contribution in [0.15, 0.2) is 54.6 Å². The van der Waals surface area contributed by atoms with Crippen LogP contribution in [-0.2, 0) is 6.54 Å². The summed E-state index contributed by atoms with van der Waals surface area (Å²) in [7, 11) is 1.59. The van der Waals surface area contributed by atoms with Crippen molar-refractivity contribution >= 4 is 16.7 Å². The SMILES string of the molecule is COc1ccccc1C(=O)Cn1c(C)cc2ccccc21. The van der Waals surface area contributed by atoms with Crippen molar-refractivity contribution in [3.05, 3.63) is 65.9 Å². The minimum absolute atomic E-state index is 0.0527. The maximum absolute atomic E-state index is 12.6. The third-order valence-electron chi connectivity index (χ3n) is 3.73. The van der Waals surface area contributed by atoms with Gasteiger partial charge in [0.2, 0.25) is 0 Å². The highest BCUT2D eigenvalue weighted by Gasteiger charge is 2.14. The third kappa shape index (κ3) is 2.42. The lowest BCUT2D eigenvalue weighted by Gasteiger charge is -2.10. The first kappa shape index (κ1) is 13.4. The molecule has 0 fully saturated rings. The average Bonchev–Trinajstić information content (AvgIpc) is 2.83. The molecular weight excluding hydrogens is 262 g/mol. The smallest absolute Gasteiger partial charge is 0.186 e. The van der Waals surface area contributed by atoms with Crippen LogP contribution in [0.4, 0.5) is 0 Å². The molecule has 0 aliphatic rings. The highest BCUT2D eigenvalue weighted by molar-refractivity contribution is 5.99. The van der Waals surface area contributed by atoms with Gasteiger partial charge < -0.3 is 9.30 Å². The van der Waals surface area contributed by atoms with Gasteiger partial charge in [-0.05, 0) is 36.6 Å². The quantitative estimate of drug-likeness (QED) is 0.679. The summed E-state index contributed by atoms with van der Waals surface area (Å²) in [6.07, 6.45) is 0. The van der Waals surface area contributed by atoms with E-state index in [9.17, 15) is 4.79 Å². The first-order chi connectivity index (χ1) is 10.2. The van der Waals surface area contributed by atoms with Gasteiger partial charge in [0.05, 0.1) is 19.2 Å². The summed E-state index contributed by atoms with van der Waals surface area (Å²) in [4.78, 5) is 12.6. The zero-order valence-electron chi connectivity index (χ0n) is 12.2. The number of rotatable bonds is 4. The van der Waals surface area contributed by atoms with Crippen LogP contribution in [0, 0.1) is 6.92 Å². The first-order valence-corrected chi connectivity index (χ1v) is 6.92.